The van der Waals surface area contributed by atoms with E-state index in [1.54, 1.807) is 0 Å². The van der Waals surface area contributed by atoms with E-state index in [4.69, 9.17) is 0 Å². The van der Waals surface area contributed by atoms with Gasteiger partial charge < -0.3 is 4.98 Å². The highest BCUT2D eigenvalue weighted by Crippen LogP contribution is 2.30. The zero-order chi connectivity index (χ0) is 19.3. The Hall–Kier alpha value is -2.16. The number of fused-ring (bicyclic) bond motifs is 1. The molecule has 0 aliphatic carbocycles. The molecule has 1 fully saturated rings. The monoisotopic (exact) mass is 414 g/mol. The average molecular weight is 415 g/mol. The minimum absolute atomic E-state index is 0.00203. The molecule has 28 heavy (non-hydrogen) atoms. The maximum Gasteiger partial charge on any atom is 0.260 e. The molecule has 0 radical (unpaired) electrons. The lowest BCUT2D eigenvalue weighted by Gasteiger charge is -2.26. The second kappa shape index (κ2) is 8.89. The molecule has 1 aromatic carbocycles. The number of nitrogens with one attached hydrogen (secondary N) is 2. The number of nitrogens with zero attached hydrogens (tertiary/aromatic N) is 2. The van der Waals surface area contributed by atoms with Crippen LogP contribution in [0.15, 0.2) is 40.5 Å². The molecule has 0 bridgehead atoms. The molecule has 0 atom stereocenters. The number of hydrogen-bond donors (Lipinski definition) is 2. The zero-order valence-electron chi connectivity index (χ0n) is 15.4. The minimum Gasteiger partial charge on any atom is -0.309 e. The van der Waals surface area contributed by atoms with E-state index in [0.29, 0.717) is 22.7 Å². The fraction of sp³-hybridized carbons (Fsp3) is 0.350. The standard InChI is InChI=1S/C20H22N4O2S2/c25-17(23-24-9-5-2-6-10-24)13-27-12-16-21-19(26)18-15(11-28-20(18)22-16)14-7-3-1-4-8-14/h1,3-4,7-8,11H,2,5-6,9-10,12-13H2,(H,23,25)(H,21,22,26). The van der Waals surface area contributed by atoms with E-state index in [1.807, 2.05) is 40.7 Å². The van der Waals surface area contributed by atoms with Gasteiger partial charge in [0.2, 0.25) is 5.91 Å². The Bertz CT molecular complexity index is 1010. The highest BCUT2D eigenvalue weighted by atomic mass is 32.2. The fourth-order valence-electron chi connectivity index (χ4n) is 3.35. The Kier molecular flexibility index (Phi) is 6.09. The second-order valence-corrected chi connectivity index (χ2v) is 8.63. The summed E-state index contributed by atoms with van der Waals surface area (Å²) < 4.78 is 0. The number of carbonyl (C=O) groups is 1. The molecule has 8 heteroatoms. The number of H-pyrrole nitrogens is 1. The third kappa shape index (κ3) is 4.45. The lowest BCUT2D eigenvalue weighted by atomic mass is 10.1. The summed E-state index contributed by atoms with van der Waals surface area (Å²) in [5.41, 5.74) is 4.75. The van der Waals surface area contributed by atoms with Crippen molar-refractivity contribution >= 4 is 39.2 Å². The molecule has 1 amide bonds. The van der Waals surface area contributed by atoms with Crippen LogP contribution in [0.4, 0.5) is 0 Å². The maximum atomic E-state index is 12.6. The molecule has 6 nitrogen and oxygen atoms in total. The number of benzene rings is 1. The second-order valence-electron chi connectivity index (χ2n) is 6.78. The smallest absolute Gasteiger partial charge is 0.260 e. The van der Waals surface area contributed by atoms with Crippen LogP contribution in [0.25, 0.3) is 21.3 Å². The van der Waals surface area contributed by atoms with Gasteiger partial charge in [0.1, 0.15) is 10.7 Å². The Morgan fingerprint density at radius 3 is 2.79 bits per heavy atom. The highest BCUT2D eigenvalue weighted by Gasteiger charge is 2.14. The average Bonchev–Trinajstić information content (AvgIpc) is 3.14. The summed E-state index contributed by atoms with van der Waals surface area (Å²) in [6.07, 6.45) is 3.49. The lowest BCUT2D eigenvalue weighted by Crippen LogP contribution is -2.45. The van der Waals surface area contributed by atoms with Crippen molar-refractivity contribution in [2.45, 2.75) is 25.0 Å². The van der Waals surface area contributed by atoms with Crippen molar-refractivity contribution < 1.29 is 4.79 Å². The Labute approximate surface area is 171 Å². The molecule has 0 unspecified atom stereocenters. The van der Waals surface area contributed by atoms with Crippen molar-refractivity contribution in [1.29, 1.82) is 0 Å². The summed E-state index contributed by atoms with van der Waals surface area (Å²) in [6.45, 7) is 1.84. The van der Waals surface area contributed by atoms with Crippen molar-refractivity contribution in [2.24, 2.45) is 0 Å². The molecule has 1 saturated heterocycles. The van der Waals surface area contributed by atoms with E-state index in [-0.39, 0.29) is 11.5 Å². The summed E-state index contributed by atoms with van der Waals surface area (Å²) in [5, 5.41) is 4.60. The van der Waals surface area contributed by atoms with Crippen molar-refractivity contribution in [1.82, 2.24) is 20.4 Å². The van der Waals surface area contributed by atoms with Crippen LogP contribution in [-0.4, -0.2) is 39.7 Å². The normalized spacial score (nSPS) is 15.0. The van der Waals surface area contributed by atoms with Crippen LogP contribution in [0.3, 0.4) is 0 Å². The number of rotatable bonds is 6. The number of carbonyl (C=O) groups excluding carboxylic acids is 1. The number of piperidine rings is 1. The first-order valence-electron chi connectivity index (χ1n) is 9.39. The first-order chi connectivity index (χ1) is 13.7. The number of thiophene rings is 1. The molecule has 4 rings (SSSR count). The van der Waals surface area contributed by atoms with E-state index in [2.05, 4.69) is 15.4 Å². The quantitative estimate of drug-likeness (QED) is 0.646. The van der Waals surface area contributed by atoms with Gasteiger partial charge in [0.25, 0.3) is 5.56 Å². The predicted molar refractivity (Wildman–Crippen MR) is 115 cm³/mol. The third-order valence-corrected chi connectivity index (χ3v) is 6.50. The van der Waals surface area contributed by atoms with Crippen LogP contribution in [0.2, 0.25) is 0 Å². The predicted octanol–water partition coefficient (Wildman–Crippen LogP) is 3.40. The first kappa shape index (κ1) is 19.2. The van der Waals surface area contributed by atoms with Gasteiger partial charge in [0.15, 0.2) is 0 Å². The van der Waals surface area contributed by atoms with Crippen LogP contribution in [0.5, 0.6) is 0 Å². The van der Waals surface area contributed by atoms with Gasteiger partial charge >= 0.3 is 0 Å². The molecule has 2 aromatic heterocycles. The van der Waals surface area contributed by atoms with E-state index < -0.39 is 0 Å². The van der Waals surface area contributed by atoms with Crippen LogP contribution >= 0.6 is 23.1 Å². The zero-order valence-corrected chi connectivity index (χ0v) is 17.1. The first-order valence-corrected chi connectivity index (χ1v) is 11.4. The molecule has 1 aliphatic rings. The fourth-order valence-corrected chi connectivity index (χ4v) is 5.00. The molecular formula is C20H22N4O2S2. The van der Waals surface area contributed by atoms with Crippen LogP contribution in [0.1, 0.15) is 25.1 Å². The number of thioether (sulfide) groups is 1. The molecule has 1 aliphatic heterocycles. The summed E-state index contributed by atoms with van der Waals surface area (Å²) in [6, 6.07) is 9.86. The van der Waals surface area contributed by atoms with Gasteiger partial charge in [0.05, 0.1) is 16.9 Å². The van der Waals surface area contributed by atoms with Gasteiger partial charge in [-0.25, -0.2) is 9.99 Å². The number of hydrogen-bond acceptors (Lipinski definition) is 6. The van der Waals surface area contributed by atoms with E-state index >= 15 is 0 Å². The molecule has 3 aromatic rings. The van der Waals surface area contributed by atoms with Gasteiger partial charge in [-0.1, -0.05) is 36.8 Å². The number of aromatic amines is 1. The number of aromatic nitrogens is 2. The third-order valence-electron chi connectivity index (χ3n) is 4.69. The van der Waals surface area contributed by atoms with Crippen molar-refractivity contribution in [3.05, 3.63) is 51.9 Å². The largest absolute Gasteiger partial charge is 0.309 e. The maximum absolute atomic E-state index is 12.6. The minimum atomic E-state index is -0.126. The Morgan fingerprint density at radius 2 is 2.00 bits per heavy atom. The SMILES string of the molecule is O=C(CSCc1nc2scc(-c3ccccc3)c2c(=O)[nH]1)NN1CCCCC1. The molecule has 0 spiro atoms. The van der Waals surface area contributed by atoms with E-state index in [0.717, 1.165) is 41.9 Å². The summed E-state index contributed by atoms with van der Waals surface area (Å²) in [7, 11) is 0. The van der Waals surface area contributed by atoms with Crippen LogP contribution < -0.4 is 11.0 Å². The summed E-state index contributed by atoms with van der Waals surface area (Å²) in [5.74, 6) is 1.45. The highest BCUT2D eigenvalue weighted by molar-refractivity contribution is 7.99. The van der Waals surface area contributed by atoms with Gasteiger partial charge in [-0.15, -0.1) is 23.1 Å². The van der Waals surface area contributed by atoms with Gasteiger partial charge in [-0.2, -0.15) is 0 Å². The topological polar surface area (TPSA) is 78.1 Å². The summed E-state index contributed by atoms with van der Waals surface area (Å²) in [4.78, 5) is 32.9. The van der Waals surface area contributed by atoms with Crippen molar-refractivity contribution in [3.8, 4) is 11.1 Å². The van der Waals surface area contributed by atoms with Crippen molar-refractivity contribution in [3.63, 3.8) is 0 Å². The van der Waals surface area contributed by atoms with Gasteiger partial charge in [0, 0.05) is 24.0 Å². The van der Waals surface area contributed by atoms with Crippen LogP contribution in [0, 0.1) is 0 Å². The molecule has 146 valence electrons. The molecule has 3 heterocycles. The molecule has 0 saturated carbocycles. The number of hydrazine groups is 1. The lowest BCUT2D eigenvalue weighted by molar-refractivity contribution is -0.123. The van der Waals surface area contributed by atoms with Crippen LogP contribution in [-0.2, 0) is 10.5 Å². The number of amides is 1. The van der Waals surface area contributed by atoms with E-state index in [1.165, 1.54) is 29.5 Å². The summed E-state index contributed by atoms with van der Waals surface area (Å²) >= 11 is 2.93. The Balaban J connectivity index is 1.40. The Morgan fingerprint density at radius 1 is 1.21 bits per heavy atom. The van der Waals surface area contributed by atoms with Gasteiger partial charge in [-0.3, -0.25) is 15.0 Å². The molecular weight excluding hydrogens is 392 g/mol. The van der Waals surface area contributed by atoms with Gasteiger partial charge in [-0.05, 0) is 18.4 Å². The molecule has 2 N–H and O–H groups in total. The van der Waals surface area contributed by atoms with Crippen molar-refractivity contribution in [2.75, 3.05) is 18.8 Å². The van der Waals surface area contributed by atoms with E-state index in [9.17, 15) is 9.59 Å².